The van der Waals surface area contributed by atoms with Crippen molar-refractivity contribution < 1.29 is 8.78 Å². The molecule has 0 fully saturated rings. The molecule has 0 saturated heterocycles. The van der Waals surface area contributed by atoms with Gasteiger partial charge in [-0.3, -0.25) is 0 Å². The zero-order valence-corrected chi connectivity index (χ0v) is 15.2. The first-order valence-corrected chi connectivity index (χ1v) is 8.64. The molecule has 3 rings (SSSR count). The van der Waals surface area contributed by atoms with E-state index in [0.29, 0.717) is 28.0 Å². The molecule has 6 nitrogen and oxygen atoms in total. The number of imidazole rings is 1. The van der Waals surface area contributed by atoms with Crippen molar-refractivity contribution in [2.75, 3.05) is 6.54 Å². The third-order valence-corrected chi connectivity index (χ3v) is 4.28. The SMILES string of the molecule is CCC(F)(F)CN/C=C(\C=N)c1ccc(C#N)nc1-c1ccn2ccnc2c1. The highest BCUT2D eigenvalue weighted by Crippen LogP contribution is 2.27. The van der Waals surface area contributed by atoms with E-state index in [2.05, 4.69) is 15.3 Å². The molecule has 0 atom stereocenters. The molecule has 28 heavy (non-hydrogen) atoms. The summed E-state index contributed by atoms with van der Waals surface area (Å²) in [5.41, 5.74) is 3.03. The molecular weight excluding hydrogens is 362 g/mol. The van der Waals surface area contributed by atoms with Crippen LogP contribution in [0.2, 0.25) is 0 Å². The van der Waals surface area contributed by atoms with Gasteiger partial charge in [-0.2, -0.15) is 5.26 Å². The maximum atomic E-state index is 13.5. The van der Waals surface area contributed by atoms with Crippen LogP contribution in [0.1, 0.15) is 24.6 Å². The van der Waals surface area contributed by atoms with Gasteiger partial charge >= 0.3 is 0 Å². The van der Waals surface area contributed by atoms with E-state index < -0.39 is 12.5 Å². The molecule has 0 aliphatic carbocycles. The molecule has 3 aromatic rings. The van der Waals surface area contributed by atoms with Crippen molar-refractivity contribution in [3.63, 3.8) is 0 Å². The van der Waals surface area contributed by atoms with E-state index in [4.69, 9.17) is 5.41 Å². The van der Waals surface area contributed by atoms with Crippen molar-refractivity contribution in [3.05, 3.63) is 60.3 Å². The number of allylic oxidation sites excluding steroid dienone is 1. The van der Waals surface area contributed by atoms with Crippen molar-refractivity contribution in [3.8, 4) is 17.3 Å². The van der Waals surface area contributed by atoms with Gasteiger partial charge in [-0.05, 0) is 24.3 Å². The highest BCUT2D eigenvalue weighted by molar-refractivity contribution is 6.10. The number of hydrogen-bond donors (Lipinski definition) is 2. The van der Waals surface area contributed by atoms with Crippen molar-refractivity contribution in [2.45, 2.75) is 19.3 Å². The second-order valence-electron chi connectivity index (χ2n) is 6.15. The molecule has 0 amide bonds. The van der Waals surface area contributed by atoms with Crippen molar-refractivity contribution in [1.29, 1.82) is 10.7 Å². The molecule has 0 radical (unpaired) electrons. The molecule has 3 heterocycles. The van der Waals surface area contributed by atoms with Crippen LogP contribution in [0.15, 0.2) is 49.1 Å². The van der Waals surface area contributed by atoms with Gasteiger partial charge in [-0.1, -0.05) is 6.92 Å². The van der Waals surface area contributed by atoms with E-state index >= 15 is 0 Å². The van der Waals surface area contributed by atoms with Crippen LogP contribution in [-0.2, 0) is 0 Å². The molecule has 0 saturated carbocycles. The molecule has 142 valence electrons. The summed E-state index contributed by atoms with van der Waals surface area (Å²) < 4.78 is 28.8. The van der Waals surface area contributed by atoms with Gasteiger partial charge in [0.1, 0.15) is 17.4 Å². The Kier molecular flexibility index (Phi) is 5.45. The van der Waals surface area contributed by atoms with Gasteiger partial charge < -0.3 is 15.1 Å². The largest absolute Gasteiger partial charge is 0.384 e. The highest BCUT2D eigenvalue weighted by atomic mass is 19.3. The Morgan fingerprint density at radius 1 is 1.36 bits per heavy atom. The van der Waals surface area contributed by atoms with Gasteiger partial charge in [0.25, 0.3) is 5.92 Å². The average Bonchev–Trinajstić information content (AvgIpc) is 3.18. The fourth-order valence-corrected chi connectivity index (χ4v) is 2.66. The molecule has 0 aliphatic rings. The number of aromatic nitrogens is 3. The number of alkyl halides is 2. The number of rotatable bonds is 7. The minimum atomic E-state index is -2.83. The van der Waals surface area contributed by atoms with Crippen LogP contribution in [-0.4, -0.2) is 33.1 Å². The Morgan fingerprint density at radius 2 is 2.18 bits per heavy atom. The van der Waals surface area contributed by atoms with Gasteiger partial charge in [0.2, 0.25) is 0 Å². The Labute approximate surface area is 160 Å². The summed E-state index contributed by atoms with van der Waals surface area (Å²) in [4.78, 5) is 8.62. The number of pyridine rings is 2. The molecule has 0 aromatic carbocycles. The molecular formula is C20H18F2N6. The van der Waals surface area contributed by atoms with Crippen molar-refractivity contribution in [1.82, 2.24) is 19.7 Å². The van der Waals surface area contributed by atoms with Gasteiger partial charge in [0.05, 0.1) is 12.2 Å². The molecule has 0 unspecified atom stereocenters. The minimum Gasteiger partial charge on any atom is -0.384 e. The van der Waals surface area contributed by atoms with E-state index in [1.807, 2.05) is 28.8 Å². The lowest BCUT2D eigenvalue weighted by atomic mass is 10.0. The maximum Gasteiger partial charge on any atom is 0.264 e. The summed E-state index contributed by atoms with van der Waals surface area (Å²) in [5.74, 6) is -2.83. The van der Waals surface area contributed by atoms with Crippen LogP contribution < -0.4 is 5.32 Å². The average molecular weight is 380 g/mol. The van der Waals surface area contributed by atoms with E-state index in [1.165, 1.54) is 19.2 Å². The van der Waals surface area contributed by atoms with E-state index in [-0.39, 0.29) is 12.1 Å². The van der Waals surface area contributed by atoms with Crippen LogP contribution in [0.3, 0.4) is 0 Å². The molecule has 0 spiro atoms. The van der Waals surface area contributed by atoms with Crippen LogP contribution >= 0.6 is 0 Å². The number of hydrogen-bond acceptors (Lipinski definition) is 5. The lowest BCUT2D eigenvalue weighted by Gasteiger charge is -2.15. The Hall–Kier alpha value is -3.60. The molecule has 0 bridgehead atoms. The Morgan fingerprint density at radius 3 is 2.89 bits per heavy atom. The standard InChI is InChI=1S/C20H18F2N6/c1-2-20(21,22)13-25-12-15(10-23)17-4-3-16(11-24)27-19(17)14-5-7-28-8-6-26-18(28)9-14/h3-10,12,23,25H,2,13H2,1H3/b15-12+,23-10?. The molecule has 0 aliphatic heterocycles. The fraction of sp³-hybridized carbons (Fsp3) is 0.200. The zero-order valence-electron chi connectivity index (χ0n) is 15.2. The normalized spacial score (nSPS) is 12.0. The first kappa shape index (κ1) is 19.2. The predicted octanol–water partition coefficient (Wildman–Crippen LogP) is 3.89. The Bertz CT molecular complexity index is 1080. The summed E-state index contributed by atoms with van der Waals surface area (Å²) >= 11 is 0. The summed E-state index contributed by atoms with van der Waals surface area (Å²) in [6, 6.07) is 8.83. The summed E-state index contributed by atoms with van der Waals surface area (Å²) in [5, 5.41) is 19.5. The van der Waals surface area contributed by atoms with E-state index in [0.717, 1.165) is 6.21 Å². The number of nitriles is 1. The number of nitrogens with zero attached hydrogens (tertiary/aromatic N) is 4. The summed E-state index contributed by atoms with van der Waals surface area (Å²) in [6.45, 7) is 0.886. The van der Waals surface area contributed by atoms with Crippen LogP contribution in [0.25, 0.3) is 22.5 Å². The van der Waals surface area contributed by atoms with Crippen LogP contribution in [0.5, 0.6) is 0 Å². The smallest absolute Gasteiger partial charge is 0.264 e. The van der Waals surface area contributed by atoms with Gasteiger partial charge in [0, 0.05) is 54.1 Å². The van der Waals surface area contributed by atoms with Gasteiger partial charge in [0.15, 0.2) is 0 Å². The predicted molar refractivity (Wildman–Crippen MR) is 103 cm³/mol. The second-order valence-corrected chi connectivity index (χ2v) is 6.15. The molecule has 8 heteroatoms. The lowest BCUT2D eigenvalue weighted by molar-refractivity contribution is 0.00150. The monoisotopic (exact) mass is 380 g/mol. The quantitative estimate of drug-likeness (QED) is 0.609. The van der Waals surface area contributed by atoms with Gasteiger partial charge in [-0.25, -0.2) is 18.7 Å². The fourth-order valence-electron chi connectivity index (χ4n) is 2.66. The van der Waals surface area contributed by atoms with E-state index in [9.17, 15) is 14.0 Å². The first-order valence-electron chi connectivity index (χ1n) is 8.64. The number of fused-ring (bicyclic) bond motifs is 1. The van der Waals surface area contributed by atoms with Crippen LogP contribution in [0.4, 0.5) is 8.78 Å². The topological polar surface area (TPSA) is 89.9 Å². The highest BCUT2D eigenvalue weighted by Gasteiger charge is 2.25. The van der Waals surface area contributed by atoms with Crippen molar-refractivity contribution in [2.24, 2.45) is 0 Å². The number of halogens is 2. The summed E-state index contributed by atoms with van der Waals surface area (Å²) in [7, 11) is 0. The number of nitrogens with one attached hydrogen (secondary N) is 2. The molecule has 2 N–H and O–H groups in total. The molecule has 3 aromatic heterocycles. The second kappa shape index (κ2) is 7.96. The first-order chi connectivity index (χ1) is 13.5. The minimum absolute atomic E-state index is 0.219. The lowest BCUT2D eigenvalue weighted by Crippen LogP contribution is -2.29. The van der Waals surface area contributed by atoms with Gasteiger partial charge in [-0.15, -0.1) is 0 Å². The Balaban J connectivity index is 2.04. The third kappa shape index (κ3) is 4.04. The zero-order chi connectivity index (χ0) is 20.1. The van der Waals surface area contributed by atoms with E-state index in [1.54, 1.807) is 18.5 Å². The third-order valence-electron chi connectivity index (χ3n) is 4.28. The summed E-state index contributed by atoms with van der Waals surface area (Å²) in [6.07, 6.45) is 7.45. The maximum absolute atomic E-state index is 13.5. The van der Waals surface area contributed by atoms with Crippen molar-refractivity contribution >= 4 is 17.4 Å². The van der Waals surface area contributed by atoms with Crippen LogP contribution in [0, 0.1) is 16.7 Å².